The highest BCUT2D eigenvalue weighted by molar-refractivity contribution is 6.62. The van der Waals surface area contributed by atoms with Gasteiger partial charge in [-0.15, -0.1) is 5.73 Å². The number of rotatable bonds is 1. The highest BCUT2D eigenvalue weighted by Crippen LogP contribution is 2.27. The second kappa shape index (κ2) is 4.09. The number of benzene rings is 3. The SMILES string of the molecule is OB(O)c1ccc2ccc3c4c(ccc1c24)=CC=C=C3. The third-order valence-corrected chi connectivity index (χ3v) is 3.89. The van der Waals surface area contributed by atoms with Gasteiger partial charge in [0.1, 0.15) is 0 Å². The van der Waals surface area contributed by atoms with E-state index in [0.717, 1.165) is 32.3 Å². The van der Waals surface area contributed by atoms with Gasteiger partial charge in [-0.1, -0.05) is 36.4 Å². The van der Waals surface area contributed by atoms with Crippen LogP contribution in [0.2, 0.25) is 0 Å². The maximum absolute atomic E-state index is 9.55. The van der Waals surface area contributed by atoms with Gasteiger partial charge in [-0.2, -0.15) is 0 Å². The highest BCUT2D eigenvalue weighted by Gasteiger charge is 2.17. The van der Waals surface area contributed by atoms with Crippen molar-refractivity contribution in [2.24, 2.45) is 0 Å². The van der Waals surface area contributed by atoms with Crippen molar-refractivity contribution in [1.29, 1.82) is 0 Å². The van der Waals surface area contributed by atoms with Crippen molar-refractivity contribution in [1.82, 2.24) is 0 Å². The van der Waals surface area contributed by atoms with Gasteiger partial charge >= 0.3 is 7.12 Å². The van der Waals surface area contributed by atoms with E-state index in [1.54, 1.807) is 6.07 Å². The van der Waals surface area contributed by atoms with E-state index >= 15 is 0 Å². The standard InChI is InChI=1S/C17H11BO2/c19-18(20)15-10-8-13-6-5-11-3-1-2-4-12-7-9-14(15)17(13)16(11)12/h2-10,19-20H. The molecule has 0 radical (unpaired) electrons. The summed E-state index contributed by atoms with van der Waals surface area (Å²) in [6, 6.07) is 11.8. The molecule has 3 aromatic carbocycles. The molecule has 0 fully saturated rings. The average molecular weight is 258 g/mol. The van der Waals surface area contributed by atoms with E-state index in [1.807, 2.05) is 36.4 Å². The van der Waals surface area contributed by atoms with Crippen molar-refractivity contribution < 1.29 is 10.0 Å². The molecule has 0 atom stereocenters. The third kappa shape index (κ3) is 1.49. The smallest absolute Gasteiger partial charge is 0.423 e. The molecule has 3 aromatic rings. The molecule has 0 aromatic heterocycles. The maximum atomic E-state index is 9.55. The molecular weight excluding hydrogens is 247 g/mol. The summed E-state index contributed by atoms with van der Waals surface area (Å²) < 4.78 is 0. The largest absolute Gasteiger partial charge is 0.489 e. The van der Waals surface area contributed by atoms with Gasteiger partial charge in [-0.25, -0.2) is 0 Å². The van der Waals surface area contributed by atoms with Gasteiger partial charge in [0.15, 0.2) is 0 Å². The quantitative estimate of drug-likeness (QED) is 0.511. The molecule has 0 aliphatic heterocycles. The first-order valence-corrected chi connectivity index (χ1v) is 6.53. The molecule has 1 aliphatic rings. The van der Waals surface area contributed by atoms with Crippen LogP contribution in [0.1, 0.15) is 5.56 Å². The van der Waals surface area contributed by atoms with E-state index in [4.69, 9.17) is 0 Å². The van der Waals surface area contributed by atoms with Crippen LogP contribution in [-0.4, -0.2) is 17.2 Å². The van der Waals surface area contributed by atoms with Gasteiger partial charge < -0.3 is 10.0 Å². The van der Waals surface area contributed by atoms with Crippen LogP contribution in [0.3, 0.4) is 0 Å². The van der Waals surface area contributed by atoms with Crippen LogP contribution in [-0.2, 0) is 0 Å². The Hall–Kier alpha value is -2.32. The fourth-order valence-corrected chi connectivity index (χ4v) is 2.98. The fourth-order valence-electron chi connectivity index (χ4n) is 2.98. The first kappa shape index (κ1) is 11.5. The Morgan fingerprint density at radius 3 is 2.60 bits per heavy atom. The molecule has 4 rings (SSSR count). The van der Waals surface area contributed by atoms with E-state index in [0.29, 0.717) is 5.46 Å². The number of hydrogen-bond donors (Lipinski definition) is 2. The molecule has 0 heterocycles. The minimum Gasteiger partial charge on any atom is -0.423 e. The summed E-state index contributed by atoms with van der Waals surface area (Å²) in [6.07, 6.45) is 5.90. The monoisotopic (exact) mass is 258 g/mol. The molecule has 1 aliphatic carbocycles. The van der Waals surface area contributed by atoms with E-state index in [2.05, 4.69) is 17.9 Å². The highest BCUT2D eigenvalue weighted by atomic mass is 16.4. The predicted molar refractivity (Wildman–Crippen MR) is 83.5 cm³/mol. The molecule has 20 heavy (non-hydrogen) atoms. The van der Waals surface area contributed by atoms with Crippen molar-refractivity contribution in [2.45, 2.75) is 0 Å². The second-order valence-corrected chi connectivity index (χ2v) is 5.00. The van der Waals surface area contributed by atoms with Crippen LogP contribution >= 0.6 is 0 Å². The molecule has 94 valence electrons. The zero-order valence-electron chi connectivity index (χ0n) is 10.7. The van der Waals surface area contributed by atoms with E-state index < -0.39 is 7.12 Å². The van der Waals surface area contributed by atoms with Gasteiger partial charge in [-0.3, -0.25) is 0 Å². The van der Waals surface area contributed by atoms with Crippen molar-refractivity contribution in [3.05, 3.63) is 59.0 Å². The Balaban J connectivity index is 2.33. The van der Waals surface area contributed by atoms with E-state index in [1.165, 1.54) is 0 Å². The van der Waals surface area contributed by atoms with Crippen LogP contribution < -0.4 is 10.7 Å². The van der Waals surface area contributed by atoms with Crippen LogP contribution in [0.4, 0.5) is 0 Å². The van der Waals surface area contributed by atoms with Crippen molar-refractivity contribution in [3.63, 3.8) is 0 Å². The van der Waals surface area contributed by atoms with Gasteiger partial charge in [-0.05, 0) is 56.0 Å². The molecule has 0 spiro atoms. The minimum absolute atomic E-state index is 0.544. The maximum Gasteiger partial charge on any atom is 0.489 e. The first-order valence-electron chi connectivity index (χ1n) is 6.53. The first-order chi connectivity index (χ1) is 9.75. The summed E-state index contributed by atoms with van der Waals surface area (Å²) in [7, 11) is -1.46. The predicted octanol–water partition coefficient (Wildman–Crippen LogP) is 1.35. The van der Waals surface area contributed by atoms with Gasteiger partial charge in [0.25, 0.3) is 0 Å². The Morgan fingerprint density at radius 1 is 0.900 bits per heavy atom. The minimum atomic E-state index is -1.46. The summed E-state index contributed by atoms with van der Waals surface area (Å²) in [6.45, 7) is 0. The molecule has 2 N–H and O–H groups in total. The van der Waals surface area contributed by atoms with Crippen molar-refractivity contribution in [2.75, 3.05) is 0 Å². The zero-order valence-corrected chi connectivity index (χ0v) is 10.7. The summed E-state index contributed by atoms with van der Waals surface area (Å²) in [5.41, 5.74) is 4.78. The average Bonchev–Trinajstić information content (AvgIpc) is 2.67. The Morgan fingerprint density at radius 2 is 1.75 bits per heavy atom. The van der Waals surface area contributed by atoms with Crippen LogP contribution in [0, 0.1) is 0 Å². The topological polar surface area (TPSA) is 40.5 Å². The van der Waals surface area contributed by atoms with E-state index in [-0.39, 0.29) is 0 Å². The molecular formula is C17H11BO2. The zero-order chi connectivity index (χ0) is 13.7. The lowest BCUT2D eigenvalue weighted by Gasteiger charge is -2.12. The summed E-state index contributed by atoms with van der Waals surface area (Å²) in [4.78, 5) is 0. The molecule has 2 nitrogen and oxygen atoms in total. The van der Waals surface area contributed by atoms with Gasteiger partial charge in [0, 0.05) is 0 Å². The Labute approximate surface area is 116 Å². The number of allylic oxidation sites excluding steroid dienone is 1. The molecule has 3 heteroatoms. The van der Waals surface area contributed by atoms with Crippen molar-refractivity contribution in [3.8, 4) is 0 Å². The lowest BCUT2D eigenvalue weighted by atomic mass is 9.75. The van der Waals surface area contributed by atoms with E-state index in [9.17, 15) is 10.0 Å². The van der Waals surface area contributed by atoms with Crippen LogP contribution in [0.15, 0.2) is 48.2 Å². The molecule has 0 saturated heterocycles. The summed E-state index contributed by atoms with van der Waals surface area (Å²) in [5.74, 6) is 0. The molecule has 0 saturated carbocycles. The normalized spacial score (nSPS) is 12.7. The van der Waals surface area contributed by atoms with Crippen LogP contribution in [0.5, 0.6) is 0 Å². The molecule has 0 bridgehead atoms. The van der Waals surface area contributed by atoms with Gasteiger partial charge in [0.05, 0.1) is 0 Å². The summed E-state index contributed by atoms with van der Waals surface area (Å²) in [5, 5.41) is 24.5. The van der Waals surface area contributed by atoms with Crippen molar-refractivity contribution >= 4 is 46.3 Å². The van der Waals surface area contributed by atoms with Gasteiger partial charge in [0.2, 0.25) is 0 Å². The lowest BCUT2D eigenvalue weighted by Crippen LogP contribution is -2.30. The number of hydrogen-bond acceptors (Lipinski definition) is 2. The lowest BCUT2D eigenvalue weighted by molar-refractivity contribution is 0.426. The summed E-state index contributed by atoms with van der Waals surface area (Å²) >= 11 is 0. The van der Waals surface area contributed by atoms with Crippen LogP contribution in [0.25, 0.3) is 33.7 Å². The molecule has 0 unspecified atom stereocenters. The fraction of sp³-hybridized carbons (Fsp3) is 0. The Bertz CT molecular complexity index is 964. The Kier molecular flexibility index (Phi) is 2.35. The molecule has 0 amide bonds. The second-order valence-electron chi connectivity index (χ2n) is 5.00. The third-order valence-electron chi connectivity index (χ3n) is 3.89.